The molecule has 7 heteroatoms. The van der Waals surface area contributed by atoms with Crippen LogP contribution in [0, 0.1) is 0 Å². The first-order valence-electron chi connectivity index (χ1n) is 6.87. The molecule has 4 nitrogen and oxygen atoms in total. The smallest absolute Gasteiger partial charge is 0.368 e. The van der Waals surface area contributed by atoms with Gasteiger partial charge >= 0.3 is 6.18 Å². The number of hydrogen-bond acceptors (Lipinski definition) is 3. The van der Waals surface area contributed by atoms with E-state index in [4.69, 9.17) is 0 Å². The van der Waals surface area contributed by atoms with Gasteiger partial charge in [0.15, 0.2) is 11.5 Å². The zero-order chi connectivity index (χ0) is 14.9. The number of fused-ring (bicyclic) bond motifs is 1. The Morgan fingerprint density at radius 3 is 2.90 bits per heavy atom. The van der Waals surface area contributed by atoms with Crippen molar-refractivity contribution in [1.29, 1.82) is 0 Å². The van der Waals surface area contributed by atoms with Gasteiger partial charge in [-0.1, -0.05) is 11.6 Å². The lowest BCUT2D eigenvalue weighted by Gasteiger charge is -2.07. The molecule has 0 atom stereocenters. The Balaban J connectivity index is 1.76. The van der Waals surface area contributed by atoms with Gasteiger partial charge in [0.2, 0.25) is 0 Å². The van der Waals surface area contributed by atoms with E-state index in [-0.39, 0.29) is 0 Å². The summed E-state index contributed by atoms with van der Waals surface area (Å²) < 4.78 is 39.3. The lowest BCUT2D eigenvalue weighted by molar-refractivity contribution is -0.141. The summed E-state index contributed by atoms with van der Waals surface area (Å²) in [5.41, 5.74) is 0.834. The van der Waals surface area contributed by atoms with Gasteiger partial charge in [-0.25, -0.2) is 9.50 Å². The predicted molar refractivity (Wildman–Crippen MR) is 73.0 cm³/mol. The van der Waals surface area contributed by atoms with Crippen molar-refractivity contribution in [3.63, 3.8) is 0 Å². The molecule has 1 aliphatic carbocycles. The summed E-state index contributed by atoms with van der Waals surface area (Å²) in [6, 6.07) is 1.02. The lowest BCUT2D eigenvalue weighted by atomic mass is 10.2. The van der Waals surface area contributed by atoms with Crippen LogP contribution in [-0.4, -0.2) is 21.1 Å². The highest BCUT2D eigenvalue weighted by molar-refractivity contribution is 5.67. The van der Waals surface area contributed by atoms with Gasteiger partial charge < -0.3 is 5.32 Å². The fourth-order valence-corrected chi connectivity index (χ4v) is 2.50. The number of nitrogens with zero attached hydrogens (tertiary/aromatic N) is 3. The van der Waals surface area contributed by atoms with E-state index in [1.165, 1.54) is 28.9 Å². The van der Waals surface area contributed by atoms with Gasteiger partial charge in [-0.15, -0.1) is 0 Å². The maximum Gasteiger partial charge on any atom is 0.435 e. The van der Waals surface area contributed by atoms with Crippen LogP contribution in [0.3, 0.4) is 0 Å². The van der Waals surface area contributed by atoms with E-state index in [2.05, 4.69) is 21.5 Å². The molecule has 0 radical (unpaired) electrons. The summed E-state index contributed by atoms with van der Waals surface area (Å²) in [6.07, 6.45) is 4.97. The van der Waals surface area contributed by atoms with Crippen molar-refractivity contribution in [3.05, 3.63) is 35.8 Å². The van der Waals surface area contributed by atoms with Gasteiger partial charge in [0.25, 0.3) is 0 Å². The number of rotatable bonds is 4. The minimum absolute atomic E-state index is 0.338. The number of halogens is 3. The monoisotopic (exact) mass is 296 g/mol. The second kappa shape index (κ2) is 5.38. The van der Waals surface area contributed by atoms with Gasteiger partial charge in [-0.05, 0) is 25.7 Å². The number of allylic oxidation sites excluding steroid dienone is 1. The molecule has 0 bridgehead atoms. The molecule has 0 spiro atoms. The van der Waals surface area contributed by atoms with Crippen molar-refractivity contribution in [2.75, 3.05) is 11.9 Å². The molecule has 0 saturated heterocycles. The Kier molecular flexibility index (Phi) is 3.57. The number of nitrogens with one attached hydrogen (secondary N) is 1. The van der Waals surface area contributed by atoms with Crippen LogP contribution in [0.25, 0.3) is 5.52 Å². The summed E-state index contributed by atoms with van der Waals surface area (Å²) in [5, 5.41) is 6.63. The van der Waals surface area contributed by atoms with Crippen molar-refractivity contribution in [2.24, 2.45) is 0 Å². The molecule has 112 valence electrons. The fraction of sp³-hybridized carbons (Fsp3) is 0.429. The third-order valence-corrected chi connectivity index (χ3v) is 3.55. The Morgan fingerprint density at radius 1 is 1.33 bits per heavy atom. The van der Waals surface area contributed by atoms with E-state index in [0.29, 0.717) is 17.9 Å². The molecule has 2 aromatic rings. The Hall–Kier alpha value is -2.05. The predicted octanol–water partition coefficient (Wildman–Crippen LogP) is 3.66. The van der Waals surface area contributed by atoms with E-state index >= 15 is 0 Å². The van der Waals surface area contributed by atoms with E-state index in [0.717, 1.165) is 25.3 Å². The van der Waals surface area contributed by atoms with Gasteiger partial charge in [0.05, 0.1) is 0 Å². The molecule has 1 N–H and O–H groups in total. The van der Waals surface area contributed by atoms with Crippen LogP contribution in [0.15, 0.2) is 30.1 Å². The summed E-state index contributed by atoms with van der Waals surface area (Å²) in [5.74, 6) is 0.430. The highest BCUT2D eigenvalue weighted by atomic mass is 19.4. The summed E-state index contributed by atoms with van der Waals surface area (Å²) >= 11 is 0. The first-order valence-corrected chi connectivity index (χ1v) is 6.87. The Morgan fingerprint density at radius 2 is 2.19 bits per heavy atom. The lowest BCUT2D eigenvalue weighted by Crippen LogP contribution is -2.06. The number of anilines is 1. The Labute approximate surface area is 119 Å². The van der Waals surface area contributed by atoms with Gasteiger partial charge in [-0.2, -0.15) is 18.3 Å². The quantitative estimate of drug-likeness (QED) is 0.876. The summed E-state index contributed by atoms with van der Waals surface area (Å²) in [6.45, 7) is 0.658. The zero-order valence-electron chi connectivity index (χ0n) is 11.3. The highest BCUT2D eigenvalue weighted by Gasteiger charge is 2.34. The number of alkyl halides is 3. The maximum absolute atomic E-state index is 12.7. The van der Waals surface area contributed by atoms with Crippen LogP contribution in [0.1, 0.15) is 31.4 Å². The molecule has 0 aromatic carbocycles. The van der Waals surface area contributed by atoms with Crippen LogP contribution in [0.5, 0.6) is 0 Å². The van der Waals surface area contributed by atoms with Gasteiger partial charge in [-0.3, -0.25) is 0 Å². The normalized spacial score (nSPS) is 15.5. The molecule has 2 heterocycles. The second-order valence-corrected chi connectivity index (χ2v) is 5.06. The van der Waals surface area contributed by atoms with Crippen molar-refractivity contribution in [2.45, 2.75) is 31.9 Å². The molecule has 3 rings (SSSR count). The van der Waals surface area contributed by atoms with Crippen LogP contribution in [-0.2, 0) is 6.18 Å². The van der Waals surface area contributed by atoms with Crippen molar-refractivity contribution >= 4 is 11.3 Å². The molecule has 0 unspecified atom stereocenters. The molecule has 2 aromatic heterocycles. The van der Waals surface area contributed by atoms with E-state index in [1.807, 2.05) is 0 Å². The second-order valence-electron chi connectivity index (χ2n) is 5.06. The number of aromatic nitrogens is 3. The van der Waals surface area contributed by atoms with Crippen LogP contribution in [0.2, 0.25) is 0 Å². The molecule has 0 amide bonds. The largest absolute Gasteiger partial charge is 0.435 e. The third-order valence-electron chi connectivity index (χ3n) is 3.55. The standard InChI is InChI=1S/C14H15F3N4/c15-14(16,17)12-9-11-13(19-7-8-21(11)20-12)18-6-5-10-3-1-2-4-10/h3,7-9H,1-2,4-6H2,(H,18,19). The first kappa shape index (κ1) is 13.9. The van der Waals surface area contributed by atoms with Crippen LogP contribution in [0.4, 0.5) is 19.0 Å². The SMILES string of the molecule is FC(F)(F)c1cc2c(NCCC3=CCCC3)nccn2n1. The molecule has 0 saturated carbocycles. The van der Waals surface area contributed by atoms with Crippen LogP contribution >= 0.6 is 0 Å². The summed E-state index contributed by atoms with van der Waals surface area (Å²) in [7, 11) is 0. The molecular weight excluding hydrogens is 281 g/mol. The van der Waals surface area contributed by atoms with Gasteiger partial charge in [0.1, 0.15) is 5.52 Å². The maximum atomic E-state index is 12.7. The third kappa shape index (κ3) is 3.01. The van der Waals surface area contributed by atoms with E-state index in [1.54, 1.807) is 0 Å². The highest BCUT2D eigenvalue weighted by Crippen LogP contribution is 2.30. The fourth-order valence-electron chi connectivity index (χ4n) is 2.50. The summed E-state index contributed by atoms with van der Waals surface area (Å²) in [4.78, 5) is 4.11. The molecule has 0 aliphatic heterocycles. The molecule has 0 fully saturated rings. The molecule has 21 heavy (non-hydrogen) atoms. The minimum Gasteiger partial charge on any atom is -0.368 e. The van der Waals surface area contributed by atoms with E-state index in [9.17, 15) is 13.2 Å². The van der Waals surface area contributed by atoms with Gasteiger partial charge in [0, 0.05) is 25.0 Å². The molecule has 1 aliphatic rings. The van der Waals surface area contributed by atoms with Crippen molar-refractivity contribution < 1.29 is 13.2 Å². The Bertz CT molecular complexity index is 672. The number of hydrogen-bond donors (Lipinski definition) is 1. The van der Waals surface area contributed by atoms with Crippen molar-refractivity contribution in [3.8, 4) is 0 Å². The van der Waals surface area contributed by atoms with E-state index < -0.39 is 11.9 Å². The average Bonchev–Trinajstić information content (AvgIpc) is 3.06. The van der Waals surface area contributed by atoms with Crippen LogP contribution < -0.4 is 5.32 Å². The zero-order valence-corrected chi connectivity index (χ0v) is 11.3. The van der Waals surface area contributed by atoms with Crippen molar-refractivity contribution in [1.82, 2.24) is 14.6 Å². The topological polar surface area (TPSA) is 42.2 Å². The molecular formula is C14H15F3N4. The first-order chi connectivity index (χ1) is 10.0. The minimum atomic E-state index is -4.45. The average molecular weight is 296 g/mol.